The van der Waals surface area contributed by atoms with Crippen molar-refractivity contribution in [1.29, 1.82) is 0 Å². The molecule has 1 N–H and O–H groups in total. The highest BCUT2D eigenvalue weighted by atomic mass is 19.4. The summed E-state index contributed by atoms with van der Waals surface area (Å²) < 4.78 is 49.9. The summed E-state index contributed by atoms with van der Waals surface area (Å²) in [6.45, 7) is -0.236. The highest BCUT2D eigenvalue weighted by Gasteiger charge is 2.45. The number of carbonyl (C=O) groups is 1. The van der Waals surface area contributed by atoms with Crippen LogP contribution in [0.2, 0.25) is 0 Å². The van der Waals surface area contributed by atoms with Crippen molar-refractivity contribution >= 4 is 5.97 Å². The molecular formula is C18H15F3O4. The number of ether oxygens (including phenoxy) is 2. The minimum Gasteiger partial charge on any atom is -0.489 e. The number of benzene rings is 2. The van der Waals surface area contributed by atoms with Gasteiger partial charge >= 0.3 is 12.1 Å². The van der Waals surface area contributed by atoms with Crippen LogP contribution in [0.1, 0.15) is 17.5 Å². The number of hydrogen-bond donors (Lipinski definition) is 1. The zero-order chi connectivity index (χ0) is 18.0. The monoisotopic (exact) mass is 352 g/mol. The molecule has 1 unspecified atom stereocenters. The van der Waals surface area contributed by atoms with Gasteiger partial charge in [-0.25, -0.2) is 0 Å². The van der Waals surface area contributed by atoms with E-state index in [1.807, 2.05) is 0 Å². The van der Waals surface area contributed by atoms with E-state index in [2.05, 4.69) is 0 Å². The van der Waals surface area contributed by atoms with E-state index in [-0.39, 0.29) is 18.3 Å². The lowest BCUT2D eigenvalue weighted by Crippen LogP contribution is -2.10. The molecule has 25 heavy (non-hydrogen) atoms. The van der Waals surface area contributed by atoms with Crippen molar-refractivity contribution in [3.8, 4) is 11.5 Å². The molecule has 1 aliphatic carbocycles. The van der Waals surface area contributed by atoms with E-state index in [4.69, 9.17) is 14.6 Å². The minimum atomic E-state index is -4.44. The molecule has 0 heterocycles. The molecule has 0 radical (unpaired) electrons. The van der Waals surface area contributed by atoms with Crippen molar-refractivity contribution in [3.63, 3.8) is 0 Å². The molecule has 1 fully saturated rings. The van der Waals surface area contributed by atoms with Crippen molar-refractivity contribution in [2.75, 3.05) is 0 Å². The fourth-order valence-corrected chi connectivity index (χ4v) is 2.46. The molecule has 0 aliphatic heterocycles. The number of hydrogen-bond acceptors (Lipinski definition) is 3. The smallest absolute Gasteiger partial charge is 0.416 e. The maximum absolute atomic E-state index is 13.0. The third kappa shape index (κ3) is 4.23. The van der Waals surface area contributed by atoms with Gasteiger partial charge in [-0.1, -0.05) is 24.3 Å². The summed E-state index contributed by atoms with van der Waals surface area (Å²) in [7, 11) is 0. The second kappa shape index (κ2) is 6.66. The van der Waals surface area contributed by atoms with Crippen LogP contribution in [-0.4, -0.2) is 17.2 Å². The summed E-state index contributed by atoms with van der Waals surface area (Å²) >= 11 is 0. The Hall–Kier alpha value is -2.70. The first kappa shape index (κ1) is 17.1. The van der Waals surface area contributed by atoms with Crippen LogP contribution in [0.5, 0.6) is 11.5 Å². The lowest BCUT2D eigenvalue weighted by Gasteiger charge is -2.14. The SMILES string of the molecule is O=C(O)C1C[C@H]1Oc1cccc(OCc2ccccc2C(F)(F)F)c1. The Morgan fingerprint density at radius 2 is 1.84 bits per heavy atom. The van der Waals surface area contributed by atoms with Gasteiger partial charge in [-0.2, -0.15) is 13.2 Å². The Balaban J connectivity index is 1.65. The van der Waals surface area contributed by atoms with E-state index in [9.17, 15) is 18.0 Å². The maximum atomic E-state index is 13.0. The van der Waals surface area contributed by atoms with E-state index >= 15 is 0 Å². The van der Waals surface area contributed by atoms with E-state index in [1.54, 1.807) is 18.2 Å². The zero-order valence-corrected chi connectivity index (χ0v) is 13.0. The van der Waals surface area contributed by atoms with Gasteiger partial charge in [0.15, 0.2) is 0 Å². The van der Waals surface area contributed by atoms with Gasteiger partial charge in [-0.05, 0) is 18.2 Å². The van der Waals surface area contributed by atoms with Crippen LogP contribution in [0.4, 0.5) is 13.2 Å². The molecular weight excluding hydrogens is 337 g/mol. The normalized spacial score (nSPS) is 19.3. The number of alkyl halides is 3. The molecule has 1 saturated carbocycles. The van der Waals surface area contributed by atoms with Crippen LogP contribution in [0, 0.1) is 5.92 Å². The Bertz CT molecular complexity index is 773. The van der Waals surface area contributed by atoms with E-state index in [0.717, 1.165) is 6.07 Å². The Labute approximate surface area is 141 Å². The number of rotatable bonds is 6. The van der Waals surface area contributed by atoms with Crippen molar-refractivity contribution in [2.24, 2.45) is 5.92 Å². The quantitative estimate of drug-likeness (QED) is 0.849. The van der Waals surface area contributed by atoms with Crippen LogP contribution in [0.25, 0.3) is 0 Å². The van der Waals surface area contributed by atoms with Crippen LogP contribution >= 0.6 is 0 Å². The fraction of sp³-hybridized carbons (Fsp3) is 0.278. The summed E-state index contributed by atoms with van der Waals surface area (Å²) in [4.78, 5) is 10.8. The van der Waals surface area contributed by atoms with Crippen LogP contribution in [0.15, 0.2) is 48.5 Å². The number of carboxylic acid groups (broad SMARTS) is 1. The molecule has 132 valence electrons. The predicted octanol–water partition coefficient (Wildman–Crippen LogP) is 4.14. The fourth-order valence-electron chi connectivity index (χ4n) is 2.46. The summed E-state index contributed by atoms with van der Waals surface area (Å²) in [5.74, 6) is -0.637. The maximum Gasteiger partial charge on any atom is 0.416 e. The Morgan fingerprint density at radius 3 is 2.52 bits per heavy atom. The summed E-state index contributed by atoms with van der Waals surface area (Å²) in [6.07, 6.45) is -4.37. The van der Waals surface area contributed by atoms with Crippen LogP contribution < -0.4 is 9.47 Å². The average Bonchev–Trinajstić information content (AvgIpc) is 3.32. The van der Waals surface area contributed by atoms with Gasteiger partial charge in [0.05, 0.1) is 11.5 Å². The van der Waals surface area contributed by atoms with Gasteiger partial charge in [0.25, 0.3) is 0 Å². The molecule has 0 saturated heterocycles. The molecule has 0 amide bonds. The zero-order valence-electron chi connectivity index (χ0n) is 13.0. The number of carboxylic acids is 1. The highest BCUT2D eigenvalue weighted by molar-refractivity contribution is 5.74. The van der Waals surface area contributed by atoms with Crippen LogP contribution in [0.3, 0.4) is 0 Å². The first-order valence-corrected chi connectivity index (χ1v) is 7.62. The van der Waals surface area contributed by atoms with Crippen LogP contribution in [-0.2, 0) is 17.6 Å². The molecule has 3 rings (SSSR count). The van der Waals surface area contributed by atoms with E-state index < -0.39 is 23.6 Å². The second-order valence-electron chi connectivity index (χ2n) is 5.76. The van der Waals surface area contributed by atoms with Gasteiger partial charge in [-0.15, -0.1) is 0 Å². The summed E-state index contributed by atoms with van der Waals surface area (Å²) in [5.41, 5.74) is -0.695. The molecule has 1 aliphatic rings. The number of halogens is 3. The molecule has 2 aromatic rings. The summed E-state index contributed by atoms with van der Waals surface area (Å²) in [6, 6.07) is 11.6. The van der Waals surface area contributed by atoms with Crippen molar-refractivity contribution in [3.05, 3.63) is 59.7 Å². The topological polar surface area (TPSA) is 55.8 Å². The first-order chi connectivity index (χ1) is 11.8. The van der Waals surface area contributed by atoms with Crippen molar-refractivity contribution in [2.45, 2.75) is 25.3 Å². The molecule has 2 atom stereocenters. The van der Waals surface area contributed by atoms with Gasteiger partial charge in [0.2, 0.25) is 0 Å². The lowest BCUT2D eigenvalue weighted by atomic mass is 10.1. The Kier molecular flexibility index (Phi) is 4.57. The number of aliphatic carboxylic acids is 1. The molecule has 7 heteroatoms. The summed E-state index contributed by atoms with van der Waals surface area (Å²) in [5, 5.41) is 8.86. The highest BCUT2D eigenvalue weighted by Crippen LogP contribution is 2.36. The third-order valence-electron chi connectivity index (χ3n) is 3.86. The van der Waals surface area contributed by atoms with Gasteiger partial charge in [0.1, 0.15) is 24.2 Å². The van der Waals surface area contributed by atoms with Gasteiger partial charge in [-0.3, -0.25) is 4.79 Å². The second-order valence-corrected chi connectivity index (χ2v) is 5.76. The average molecular weight is 352 g/mol. The minimum absolute atomic E-state index is 0.0365. The molecule has 4 nitrogen and oxygen atoms in total. The largest absolute Gasteiger partial charge is 0.489 e. The van der Waals surface area contributed by atoms with Gasteiger partial charge in [0, 0.05) is 18.1 Å². The lowest BCUT2D eigenvalue weighted by molar-refractivity contribution is -0.139. The van der Waals surface area contributed by atoms with Gasteiger partial charge < -0.3 is 14.6 Å². The standard InChI is InChI=1S/C18H15F3O4/c19-18(20,21)15-7-2-1-4-11(15)10-24-12-5-3-6-13(8-12)25-16-9-14(16)17(22)23/h1-8,14,16H,9-10H2,(H,22,23)/t14?,16-/m1/s1. The molecule has 0 bridgehead atoms. The predicted molar refractivity (Wildman–Crippen MR) is 82.4 cm³/mol. The third-order valence-corrected chi connectivity index (χ3v) is 3.86. The molecule has 0 aromatic heterocycles. The van der Waals surface area contributed by atoms with E-state index in [0.29, 0.717) is 17.9 Å². The van der Waals surface area contributed by atoms with E-state index in [1.165, 1.54) is 24.3 Å². The first-order valence-electron chi connectivity index (χ1n) is 7.62. The molecule has 2 aromatic carbocycles. The Morgan fingerprint density at radius 1 is 1.12 bits per heavy atom. The molecule has 0 spiro atoms. The van der Waals surface area contributed by atoms with Crippen molar-refractivity contribution in [1.82, 2.24) is 0 Å². The van der Waals surface area contributed by atoms with Crippen molar-refractivity contribution < 1.29 is 32.5 Å².